The molecule has 2 nitrogen and oxygen atoms in total. The van der Waals surface area contributed by atoms with Gasteiger partial charge < -0.3 is 9.80 Å². The Morgan fingerprint density at radius 2 is 0.738 bits per heavy atom. The van der Waals surface area contributed by atoms with E-state index in [9.17, 15) is 0 Å². The standard InChI is InChI=1S/C59H40N2/c1-5-22-41(23-6-1)45-30-17-20-38-54(45)61(44-28-11-4-12-29-44)56-40-50-46-31-15-18-35-51(46)59(58(50)48-33-14-13-32-47(48)56)52-36-19-16-34-49(52)57-53(59)37-21-39-55(57)60(42-24-7-2-8-25-42)43-26-9-3-10-27-43/h1-40H. The summed E-state index contributed by atoms with van der Waals surface area (Å²) in [6.45, 7) is 0. The molecule has 2 aliphatic rings. The van der Waals surface area contributed by atoms with Crippen molar-refractivity contribution in [1.82, 2.24) is 0 Å². The van der Waals surface area contributed by atoms with Crippen molar-refractivity contribution in [2.45, 2.75) is 5.41 Å². The summed E-state index contributed by atoms with van der Waals surface area (Å²) in [6.07, 6.45) is 0. The van der Waals surface area contributed by atoms with E-state index in [-0.39, 0.29) is 0 Å². The van der Waals surface area contributed by atoms with Gasteiger partial charge in [0.2, 0.25) is 0 Å². The van der Waals surface area contributed by atoms with E-state index < -0.39 is 5.41 Å². The van der Waals surface area contributed by atoms with E-state index >= 15 is 0 Å². The van der Waals surface area contributed by atoms with Gasteiger partial charge in [0, 0.05) is 33.6 Å². The van der Waals surface area contributed by atoms with Gasteiger partial charge in [0.1, 0.15) is 0 Å². The molecule has 0 bridgehead atoms. The summed E-state index contributed by atoms with van der Waals surface area (Å²) in [5.74, 6) is 0. The number of anilines is 6. The zero-order valence-corrected chi connectivity index (χ0v) is 33.5. The number of benzene rings is 10. The SMILES string of the molecule is c1ccc(-c2ccccc2N(c2ccccc2)c2cc3c(c4ccccc24)C2(c4ccccc4-3)c3ccccc3-c3c(N(c4ccccc4)c4ccccc4)cccc32)cc1. The fourth-order valence-corrected chi connectivity index (χ4v) is 10.5. The maximum atomic E-state index is 2.49. The van der Waals surface area contributed by atoms with E-state index in [0.717, 1.165) is 28.4 Å². The molecule has 0 N–H and O–H groups in total. The van der Waals surface area contributed by atoms with Crippen molar-refractivity contribution in [1.29, 1.82) is 0 Å². The Labute approximate surface area is 356 Å². The molecule has 1 spiro atoms. The molecule has 2 heteroatoms. The summed E-state index contributed by atoms with van der Waals surface area (Å²) < 4.78 is 0. The fourth-order valence-electron chi connectivity index (χ4n) is 10.5. The Kier molecular flexibility index (Phi) is 8.11. The van der Waals surface area contributed by atoms with Crippen molar-refractivity contribution < 1.29 is 0 Å². The molecule has 0 saturated carbocycles. The molecule has 0 fully saturated rings. The Bertz CT molecular complexity index is 3210. The first-order valence-corrected chi connectivity index (χ1v) is 21.1. The van der Waals surface area contributed by atoms with Gasteiger partial charge in [0.05, 0.1) is 22.5 Å². The highest BCUT2D eigenvalue weighted by Gasteiger charge is 2.53. The molecule has 1 atom stereocenters. The molecule has 61 heavy (non-hydrogen) atoms. The molecule has 1 unspecified atom stereocenters. The minimum atomic E-state index is -0.565. The summed E-state index contributed by atoms with van der Waals surface area (Å²) in [4.78, 5) is 4.91. The van der Waals surface area contributed by atoms with Gasteiger partial charge in [0.15, 0.2) is 0 Å². The third-order valence-electron chi connectivity index (χ3n) is 12.8. The third-order valence-corrected chi connectivity index (χ3v) is 12.8. The van der Waals surface area contributed by atoms with Crippen molar-refractivity contribution in [2.75, 3.05) is 9.80 Å². The highest BCUT2D eigenvalue weighted by Crippen LogP contribution is 2.66. The van der Waals surface area contributed by atoms with Crippen LogP contribution in [-0.4, -0.2) is 0 Å². The smallest absolute Gasteiger partial charge is 0.0732 e. The molecule has 0 saturated heterocycles. The van der Waals surface area contributed by atoms with E-state index in [0.29, 0.717) is 0 Å². The van der Waals surface area contributed by atoms with E-state index in [2.05, 4.69) is 252 Å². The van der Waals surface area contributed by atoms with Crippen molar-refractivity contribution in [3.8, 4) is 33.4 Å². The minimum absolute atomic E-state index is 0.565. The number of para-hydroxylation sites is 4. The molecule has 0 aromatic heterocycles. The highest BCUT2D eigenvalue weighted by atomic mass is 15.2. The van der Waals surface area contributed by atoms with Crippen LogP contribution in [0.25, 0.3) is 44.2 Å². The lowest BCUT2D eigenvalue weighted by atomic mass is 9.69. The van der Waals surface area contributed by atoms with Gasteiger partial charge in [0.25, 0.3) is 0 Å². The zero-order chi connectivity index (χ0) is 40.3. The quantitative estimate of drug-likeness (QED) is 0.159. The number of fused-ring (bicyclic) bond motifs is 12. The predicted molar refractivity (Wildman–Crippen MR) is 255 cm³/mol. The van der Waals surface area contributed by atoms with Crippen LogP contribution in [0.3, 0.4) is 0 Å². The summed E-state index contributed by atoms with van der Waals surface area (Å²) in [6, 6.07) is 88.9. The Hall–Kier alpha value is -7.94. The molecule has 0 aliphatic heterocycles. The van der Waals surface area contributed by atoms with Crippen LogP contribution in [0, 0.1) is 0 Å². The predicted octanol–water partition coefficient (Wildman–Crippen LogP) is 15.8. The van der Waals surface area contributed by atoms with Crippen LogP contribution < -0.4 is 9.80 Å². The van der Waals surface area contributed by atoms with Gasteiger partial charge in [-0.05, 0) is 104 Å². The first-order chi connectivity index (χ1) is 30.3. The van der Waals surface area contributed by atoms with Gasteiger partial charge >= 0.3 is 0 Å². The van der Waals surface area contributed by atoms with Gasteiger partial charge in [-0.3, -0.25) is 0 Å². The van der Waals surface area contributed by atoms with Gasteiger partial charge in [-0.15, -0.1) is 0 Å². The average molecular weight is 777 g/mol. The van der Waals surface area contributed by atoms with Crippen LogP contribution in [0.4, 0.5) is 34.1 Å². The topological polar surface area (TPSA) is 6.48 Å². The monoisotopic (exact) mass is 776 g/mol. The Morgan fingerprint density at radius 3 is 1.39 bits per heavy atom. The van der Waals surface area contributed by atoms with Gasteiger partial charge in [-0.2, -0.15) is 0 Å². The zero-order valence-electron chi connectivity index (χ0n) is 33.5. The highest BCUT2D eigenvalue weighted by molar-refractivity contribution is 6.11. The molecule has 10 aromatic rings. The number of hydrogen-bond acceptors (Lipinski definition) is 2. The lowest BCUT2D eigenvalue weighted by molar-refractivity contribution is 0.801. The van der Waals surface area contributed by atoms with Crippen molar-refractivity contribution in [3.05, 3.63) is 265 Å². The molecule has 0 radical (unpaired) electrons. The second-order valence-electron chi connectivity index (χ2n) is 16.0. The Morgan fingerprint density at radius 1 is 0.279 bits per heavy atom. The number of rotatable bonds is 7. The van der Waals surface area contributed by atoms with Crippen LogP contribution in [0.1, 0.15) is 22.3 Å². The molecule has 0 heterocycles. The van der Waals surface area contributed by atoms with Crippen LogP contribution >= 0.6 is 0 Å². The van der Waals surface area contributed by atoms with Crippen molar-refractivity contribution in [3.63, 3.8) is 0 Å². The second-order valence-corrected chi connectivity index (χ2v) is 16.0. The Balaban J connectivity index is 1.18. The van der Waals surface area contributed by atoms with E-state index in [1.165, 1.54) is 72.1 Å². The molecule has 0 amide bonds. The lowest BCUT2D eigenvalue weighted by Gasteiger charge is -2.34. The van der Waals surface area contributed by atoms with Crippen molar-refractivity contribution >= 4 is 44.9 Å². The normalized spacial score (nSPS) is 14.3. The lowest BCUT2D eigenvalue weighted by Crippen LogP contribution is -2.26. The van der Waals surface area contributed by atoms with Gasteiger partial charge in [-0.25, -0.2) is 0 Å². The molecular weight excluding hydrogens is 737 g/mol. The maximum Gasteiger partial charge on any atom is 0.0732 e. The first kappa shape index (κ1) is 35.0. The summed E-state index contributed by atoms with van der Waals surface area (Å²) in [7, 11) is 0. The average Bonchev–Trinajstić information content (AvgIpc) is 3.81. The van der Waals surface area contributed by atoms with Gasteiger partial charge in [-0.1, -0.05) is 188 Å². The molecule has 12 rings (SSSR count). The van der Waals surface area contributed by atoms with E-state index in [1.807, 2.05) is 0 Å². The maximum absolute atomic E-state index is 2.49. The molecular formula is C59H40N2. The van der Waals surface area contributed by atoms with Crippen LogP contribution in [0.5, 0.6) is 0 Å². The summed E-state index contributed by atoms with van der Waals surface area (Å²) in [5.41, 5.74) is 19.0. The van der Waals surface area contributed by atoms with Crippen LogP contribution in [0.2, 0.25) is 0 Å². The van der Waals surface area contributed by atoms with E-state index in [4.69, 9.17) is 0 Å². The largest absolute Gasteiger partial charge is 0.310 e. The summed E-state index contributed by atoms with van der Waals surface area (Å²) in [5, 5.41) is 2.46. The minimum Gasteiger partial charge on any atom is -0.310 e. The molecule has 10 aromatic carbocycles. The number of nitrogens with zero attached hydrogens (tertiary/aromatic N) is 2. The van der Waals surface area contributed by atoms with Crippen LogP contribution in [0.15, 0.2) is 243 Å². The van der Waals surface area contributed by atoms with Crippen molar-refractivity contribution in [2.24, 2.45) is 0 Å². The van der Waals surface area contributed by atoms with E-state index in [1.54, 1.807) is 0 Å². The fraction of sp³-hybridized carbons (Fsp3) is 0.0169. The molecule has 2 aliphatic carbocycles. The van der Waals surface area contributed by atoms with Crippen LogP contribution in [-0.2, 0) is 5.41 Å². The first-order valence-electron chi connectivity index (χ1n) is 21.1. The number of hydrogen-bond donors (Lipinski definition) is 0. The second kappa shape index (κ2) is 14.1. The third kappa shape index (κ3) is 5.22. The molecule has 286 valence electrons. The summed E-state index contributed by atoms with van der Waals surface area (Å²) >= 11 is 0.